The van der Waals surface area contributed by atoms with Crippen LogP contribution in [0.25, 0.3) is 0 Å². The van der Waals surface area contributed by atoms with E-state index in [0.29, 0.717) is 49.3 Å². The molecule has 1 aliphatic heterocycles. The van der Waals surface area contributed by atoms with E-state index in [4.69, 9.17) is 9.47 Å². The summed E-state index contributed by atoms with van der Waals surface area (Å²) in [5, 5.41) is 2.95. The number of rotatable bonds is 4. The lowest BCUT2D eigenvalue weighted by atomic mass is 9.82. The van der Waals surface area contributed by atoms with Crippen LogP contribution in [0.2, 0.25) is 0 Å². The van der Waals surface area contributed by atoms with Gasteiger partial charge in [-0.1, -0.05) is 18.2 Å². The SMILES string of the molecule is COc1ccc(C)cc1S(=O)(=O)NC1CCC2(CC1)CNC(=O)c1ccccc1O2. The van der Waals surface area contributed by atoms with E-state index in [1.54, 1.807) is 24.3 Å². The van der Waals surface area contributed by atoms with E-state index in [9.17, 15) is 13.2 Å². The zero-order valence-corrected chi connectivity index (χ0v) is 17.9. The van der Waals surface area contributed by atoms with Gasteiger partial charge in [0.2, 0.25) is 10.0 Å². The number of carbonyl (C=O) groups is 1. The van der Waals surface area contributed by atoms with Crippen molar-refractivity contribution in [3.8, 4) is 11.5 Å². The van der Waals surface area contributed by atoms with Crippen molar-refractivity contribution in [3.05, 3.63) is 53.6 Å². The first-order chi connectivity index (χ1) is 14.3. The highest BCUT2D eigenvalue weighted by Gasteiger charge is 2.41. The lowest BCUT2D eigenvalue weighted by Gasteiger charge is -2.39. The summed E-state index contributed by atoms with van der Waals surface area (Å²) >= 11 is 0. The standard InChI is InChI=1S/C22H26N2O5S/c1-15-7-8-19(28-2)20(13-15)30(26,27)24-16-9-11-22(12-10-16)14-23-21(25)17-5-3-4-6-18(17)29-22/h3-8,13,16,24H,9-12,14H2,1-2H3,(H,23,25). The third-order valence-corrected chi connectivity index (χ3v) is 7.40. The number of carbonyl (C=O) groups excluding carboxylic acids is 1. The van der Waals surface area contributed by atoms with Gasteiger partial charge in [0.25, 0.3) is 5.91 Å². The number of hydrogen-bond acceptors (Lipinski definition) is 5. The number of sulfonamides is 1. The summed E-state index contributed by atoms with van der Waals surface area (Å²) < 4.78 is 40.3. The molecule has 1 fully saturated rings. The predicted octanol–water partition coefficient (Wildman–Crippen LogP) is 2.79. The zero-order valence-electron chi connectivity index (χ0n) is 17.1. The Bertz CT molecular complexity index is 1060. The molecular formula is C22H26N2O5S. The molecule has 2 aromatic carbocycles. The molecule has 0 radical (unpaired) electrons. The van der Waals surface area contributed by atoms with Crippen LogP contribution in [0.3, 0.4) is 0 Å². The Morgan fingerprint density at radius 3 is 2.63 bits per heavy atom. The lowest BCUT2D eigenvalue weighted by Crippen LogP contribution is -2.51. The molecule has 7 nitrogen and oxygen atoms in total. The van der Waals surface area contributed by atoms with E-state index >= 15 is 0 Å². The molecule has 8 heteroatoms. The van der Waals surface area contributed by atoms with Crippen LogP contribution in [0.4, 0.5) is 0 Å². The minimum atomic E-state index is -3.72. The predicted molar refractivity (Wildman–Crippen MR) is 112 cm³/mol. The maximum absolute atomic E-state index is 13.0. The molecule has 0 aromatic heterocycles. The van der Waals surface area contributed by atoms with E-state index in [2.05, 4.69) is 10.0 Å². The van der Waals surface area contributed by atoms with Crippen molar-refractivity contribution in [3.63, 3.8) is 0 Å². The van der Waals surface area contributed by atoms with Crippen molar-refractivity contribution < 1.29 is 22.7 Å². The van der Waals surface area contributed by atoms with Gasteiger partial charge in [-0.2, -0.15) is 0 Å². The molecule has 0 atom stereocenters. The van der Waals surface area contributed by atoms with Crippen LogP contribution in [0, 0.1) is 6.92 Å². The van der Waals surface area contributed by atoms with Gasteiger partial charge in [-0.15, -0.1) is 0 Å². The first kappa shape index (κ1) is 20.7. The van der Waals surface area contributed by atoms with Crippen LogP contribution in [0.5, 0.6) is 11.5 Å². The maximum atomic E-state index is 13.0. The number of benzene rings is 2. The second-order valence-electron chi connectivity index (χ2n) is 8.01. The third-order valence-electron chi connectivity index (χ3n) is 5.86. The summed E-state index contributed by atoms with van der Waals surface area (Å²) in [7, 11) is -2.26. The van der Waals surface area contributed by atoms with Crippen molar-refractivity contribution in [2.45, 2.75) is 49.1 Å². The van der Waals surface area contributed by atoms with E-state index in [1.165, 1.54) is 7.11 Å². The molecule has 4 rings (SSSR count). The summed E-state index contributed by atoms with van der Waals surface area (Å²) in [6.45, 7) is 2.25. The van der Waals surface area contributed by atoms with Crippen LogP contribution in [0.1, 0.15) is 41.6 Å². The van der Waals surface area contributed by atoms with Gasteiger partial charge in [0.05, 0.1) is 19.2 Å². The van der Waals surface area contributed by atoms with Gasteiger partial charge >= 0.3 is 0 Å². The van der Waals surface area contributed by atoms with Gasteiger partial charge < -0.3 is 14.8 Å². The fraction of sp³-hybridized carbons (Fsp3) is 0.409. The van der Waals surface area contributed by atoms with E-state index in [-0.39, 0.29) is 16.8 Å². The van der Waals surface area contributed by atoms with Gasteiger partial charge in [-0.05, 0) is 62.4 Å². The number of fused-ring (bicyclic) bond motifs is 1. The molecule has 1 aliphatic carbocycles. The number of amides is 1. The molecular weight excluding hydrogens is 404 g/mol. The molecule has 160 valence electrons. The molecule has 0 saturated heterocycles. The Labute approximate surface area is 176 Å². The molecule has 1 saturated carbocycles. The molecule has 0 unspecified atom stereocenters. The number of para-hydroxylation sites is 1. The van der Waals surface area contributed by atoms with Crippen LogP contribution >= 0.6 is 0 Å². The van der Waals surface area contributed by atoms with Crippen LogP contribution in [-0.2, 0) is 10.0 Å². The summed E-state index contributed by atoms with van der Waals surface area (Å²) in [4.78, 5) is 12.5. The lowest BCUT2D eigenvalue weighted by molar-refractivity contribution is 0.0287. The van der Waals surface area contributed by atoms with Gasteiger partial charge in [0.1, 0.15) is 22.0 Å². The average Bonchev–Trinajstić information content (AvgIpc) is 2.87. The van der Waals surface area contributed by atoms with Gasteiger partial charge in [0, 0.05) is 6.04 Å². The molecule has 0 bridgehead atoms. The Kier molecular flexibility index (Phi) is 5.46. The average molecular weight is 431 g/mol. The molecule has 1 heterocycles. The molecule has 2 aliphatic rings. The molecule has 1 spiro atoms. The summed E-state index contributed by atoms with van der Waals surface area (Å²) in [5.41, 5.74) is 0.856. The molecule has 30 heavy (non-hydrogen) atoms. The summed E-state index contributed by atoms with van der Waals surface area (Å²) in [6.07, 6.45) is 2.51. The molecule has 2 aromatic rings. The summed E-state index contributed by atoms with van der Waals surface area (Å²) in [5.74, 6) is 0.764. The van der Waals surface area contributed by atoms with E-state index in [0.717, 1.165) is 5.56 Å². The monoisotopic (exact) mass is 430 g/mol. The quantitative estimate of drug-likeness (QED) is 0.778. The highest BCUT2D eigenvalue weighted by molar-refractivity contribution is 7.89. The normalized spacial score (nSPS) is 23.8. The number of ether oxygens (including phenoxy) is 2. The zero-order chi connectivity index (χ0) is 21.4. The van der Waals surface area contributed by atoms with Gasteiger partial charge in [-0.3, -0.25) is 4.79 Å². The molecule has 2 N–H and O–H groups in total. The minimum Gasteiger partial charge on any atom is -0.495 e. The highest BCUT2D eigenvalue weighted by Crippen LogP contribution is 2.36. The summed E-state index contributed by atoms with van der Waals surface area (Å²) in [6, 6.07) is 12.1. The van der Waals surface area contributed by atoms with E-state index < -0.39 is 15.6 Å². The van der Waals surface area contributed by atoms with Gasteiger partial charge in [-0.25, -0.2) is 13.1 Å². The maximum Gasteiger partial charge on any atom is 0.255 e. The van der Waals surface area contributed by atoms with Crippen LogP contribution < -0.4 is 19.5 Å². The van der Waals surface area contributed by atoms with E-state index in [1.807, 2.05) is 25.1 Å². The number of hydrogen-bond donors (Lipinski definition) is 2. The fourth-order valence-electron chi connectivity index (χ4n) is 4.17. The Morgan fingerprint density at radius 1 is 1.17 bits per heavy atom. The molecule has 1 amide bonds. The topological polar surface area (TPSA) is 93.7 Å². The highest BCUT2D eigenvalue weighted by atomic mass is 32.2. The fourth-order valence-corrected chi connectivity index (χ4v) is 5.73. The van der Waals surface area contributed by atoms with Crippen molar-refractivity contribution in [2.75, 3.05) is 13.7 Å². The smallest absolute Gasteiger partial charge is 0.255 e. The van der Waals surface area contributed by atoms with Crippen LogP contribution in [0.15, 0.2) is 47.4 Å². The van der Waals surface area contributed by atoms with Crippen LogP contribution in [-0.4, -0.2) is 39.6 Å². The second kappa shape index (κ2) is 7.92. The minimum absolute atomic E-state index is 0.142. The largest absolute Gasteiger partial charge is 0.495 e. The van der Waals surface area contributed by atoms with Crippen molar-refractivity contribution in [1.29, 1.82) is 0 Å². The van der Waals surface area contributed by atoms with Crippen molar-refractivity contribution >= 4 is 15.9 Å². The number of aryl methyl sites for hydroxylation is 1. The van der Waals surface area contributed by atoms with Crippen molar-refractivity contribution in [2.24, 2.45) is 0 Å². The Morgan fingerprint density at radius 2 is 1.90 bits per heavy atom. The number of methoxy groups -OCH3 is 1. The number of nitrogens with one attached hydrogen (secondary N) is 2. The van der Waals surface area contributed by atoms with Gasteiger partial charge in [0.15, 0.2) is 0 Å². The second-order valence-corrected chi connectivity index (χ2v) is 9.70. The third kappa shape index (κ3) is 4.02. The first-order valence-corrected chi connectivity index (χ1v) is 11.5. The Balaban J connectivity index is 1.48. The Hall–Kier alpha value is -2.58. The first-order valence-electron chi connectivity index (χ1n) is 10.1. The van der Waals surface area contributed by atoms with Crippen molar-refractivity contribution in [1.82, 2.24) is 10.0 Å².